The van der Waals surface area contributed by atoms with Gasteiger partial charge in [0, 0.05) is 18.7 Å². The summed E-state index contributed by atoms with van der Waals surface area (Å²) in [5, 5.41) is 7.99. The molecule has 0 radical (unpaired) electrons. The van der Waals surface area contributed by atoms with Crippen molar-refractivity contribution in [3.63, 3.8) is 0 Å². The Morgan fingerprint density at radius 3 is 2.28 bits per heavy atom. The highest BCUT2D eigenvalue weighted by molar-refractivity contribution is 6.00. The second-order valence-corrected chi connectivity index (χ2v) is 12.8. The van der Waals surface area contributed by atoms with E-state index >= 15 is 0 Å². The Morgan fingerprint density at radius 2 is 1.57 bits per heavy atom. The summed E-state index contributed by atoms with van der Waals surface area (Å²) < 4.78 is 5.57. The van der Waals surface area contributed by atoms with Crippen molar-refractivity contribution in [3.05, 3.63) is 120 Å². The Hall–Kier alpha value is -4.91. The Balaban J connectivity index is 1.77. The maximum absolute atomic E-state index is 14.8. The molecule has 3 amide bonds. The molecule has 0 aromatic heterocycles. The average molecular weight is 634 g/mol. The van der Waals surface area contributed by atoms with E-state index in [-0.39, 0.29) is 18.2 Å². The van der Waals surface area contributed by atoms with Gasteiger partial charge in [0.2, 0.25) is 5.91 Å². The van der Waals surface area contributed by atoms with Crippen LogP contribution in [0.2, 0.25) is 0 Å². The number of rotatable bonds is 14. The molecule has 0 aliphatic rings. The summed E-state index contributed by atoms with van der Waals surface area (Å²) in [5.41, 5.74) is 2.23. The number of ether oxygens (including phenoxy) is 1. The topological polar surface area (TPSA) is 87.7 Å². The molecule has 2 unspecified atom stereocenters. The number of anilines is 1. The van der Waals surface area contributed by atoms with Crippen LogP contribution in [-0.4, -0.2) is 41.0 Å². The lowest BCUT2D eigenvalue weighted by Gasteiger charge is -2.35. The highest BCUT2D eigenvalue weighted by Crippen LogP contribution is 2.28. The lowest BCUT2D eigenvalue weighted by molar-refractivity contribution is -0.140. The fraction of sp³-hybridized carbons (Fsp3) is 0.325. The van der Waals surface area contributed by atoms with E-state index in [0.717, 1.165) is 41.2 Å². The summed E-state index contributed by atoms with van der Waals surface area (Å²) in [6.45, 7) is 11.7. The van der Waals surface area contributed by atoms with Gasteiger partial charge in [-0.05, 0) is 72.9 Å². The summed E-state index contributed by atoms with van der Waals surface area (Å²) in [4.78, 5) is 43.9. The number of hydrogen-bond donors (Lipinski definition) is 2. The highest BCUT2D eigenvalue weighted by atomic mass is 16.6. The van der Waals surface area contributed by atoms with E-state index in [9.17, 15) is 14.4 Å². The summed E-state index contributed by atoms with van der Waals surface area (Å²) >= 11 is 0. The van der Waals surface area contributed by atoms with Crippen molar-refractivity contribution in [1.29, 1.82) is 0 Å². The molecular formula is C40H47N3O4. The zero-order chi connectivity index (χ0) is 33.8. The fourth-order valence-electron chi connectivity index (χ4n) is 5.58. The van der Waals surface area contributed by atoms with E-state index in [1.807, 2.05) is 97.1 Å². The molecule has 4 rings (SSSR count). The Morgan fingerprint density at radius 1 is 0.851 bits per heavy atom. The van der Waals surface area contributed by atoms with Crippen molar-refractivity contribution < 1.29 is 19.1 Å². The summed E-state index contributed by atoms with van der Waals surface area (Å²) in [7, 11) is 0. The lowest BCUT2D eigenvalue weighted by atomic mass is 9.98. The summed E-state index contributed by atoms with van der Waals surface area (Å²) in [5.74, 6) is -0.708. The van der Waals surface area contributed by atoms with Crippen molar-refractivity contribution in [3.8, 4) is 0 Å². The third-order valence-corrected chi connectivity index (χ3v) is 7.85. The van der Waals surface area contributed by atoms with E-state index in [4.69, 9.17) is 4.74 Å². The van der Waals surface area contributed by atoms with Gasteiger partial charge in [-0.2, -0.15) is 0 Å². The van der Waals surface area contributed by atoms with E-state index in [0.29, 0.717) is 24.2 Å². The van der Waals surface area contributed by atoms with Gasteiger partial charge in [0.15, 0.2) is 0 Å². The van der Waals surface area contributed by atoms with Gasteiger partial charge in [-0.3, -0.25) is 9.59 Å². The second kappa shape index (κ2) is 16.6. The number of carbonyl (C=O) groups is 3. The maximum Gasteiger partial charge on any atom is 0.408 e. The highest BCUT2D eigenvalue weighted by Gasteiger charge is 2.36. The molecule has 0 fully saturated rings. The lowest BCUT2D eigenvalue weighted by Crippen LogP contribution is -2.53. The van der Waals surface area contributed by atoms with E-state index < -0.39 is 23.8 Å². The largest absolute Gasteiger partial charge is 0.444 e. The van der Waals surface area contributed by atoms with Crippen LogP contribution in [0.15, 0.2) is 104 Å². The first kappa shape index (κ1) is 35.0. The number of benzene rings is 4. The molecule has 7 nitrogen and oxygen atoms in total. The minimum absolute atomic E-state index is 0.232. The van der Waals surface area contributed by atoms with Gasteiger partial charge in [0.1, 0.15) is 17.7 Å². The van der Waals surface area contributed by atoms with E-state index in [1.165, 1.54) is 0 Å². The smallest absolute Gasteiger partial charge is 0.408 e. The molecule has 7 heteroatoms. The van der Waals surface area contributed by atoms with Crippen LogP contribution in [-0.2, 0) is 20.7 Å². The van der Waals surface area contributed by atoms with Gasteiger partial charge in [0.05, 0.1) is 0 Å². The van der Waals surface area contributed by atoms with Crippen molar-refractivity contribution in [2.24, 2.45) is 0 Å². The number of amides is 3. The summed E-state index contributed by atoms with van der Waals surface area (Å²) in [6, 6.07) is 28.8. The minimum atomic E-state index is -0.978. The zero-order valence-electron chi connectivity index (χ0n) is 28.0. The maximum atomic E-state index is 14.8. The Bertz CT molecular complexity index is 1660. The van der Waals surface area contributed by atoms with Gasteiger partial charge >= 0.3 is 6.09 Å². The number of fused-ring (bicyclic) bond motifs is 1. The van der Waals surface area contributed by atoms with Crippen LogP contribution >= 0.6 is 0 Å². The number of nitrogens with zero attached hydrogens (tertiary/aromatic N) is 1. The molecule has 0 aliphatic carbocycles. The monoisotopic (exact) mass is 633 g/mol. The van der Waals surface area contributed by atoms with Crippen molar-refractivity contribution >= 4 is 40.4 Å². The van der Waals surface area contributed by atoms with Crippen LogP contribution in [0.1, 0.15) is 76.1 Å². The minimum Gasteiger partial charge on any atom is -0.444 e. The molecule has 0 spiro atoms. The Labute approximate surface area is 279 Å². The van der Waals surface area contributed by atoms with Crippen molar-refractivity contribution in [2.45, 2.75) is 77.5 Å². The van der Waals surface area contributed by atoms with Crippen LogP contribution in [0.25, 0.3) is 16.8 Å². The molecule has 246 valence electrons. The molecule has 0 bridgehead atoms. The molecule has 0 heterocycles. The van der Waals surface area contributed by atoms with Gasteiger partial charge in [-0.1, -0.05) is 118 Å². The molecule has 47 heavy (non-hydrogen) atoms. The standard InChI is InChI=1S/C40H47N3O4/c1-6-8-9-15-25-43(38(45)35(27-30-17-11-10-12-18-30)42-39(46)47-40(3,4)5)36(33-22-16-19-29(7-2)26-33)37(44)41-34-24-23-31-20-13-14-21-32(31)28-34/h7,10-14,16-24,26,28,35-36H,2,6,8-9,15,25,27H2,1,3-5H3,(H,41,44)(H,42,46). The SMILES string of the molecule is C=Cc1cccc(C(C(=O)Nc2ccc3ccccc3c2)N(CCCCCC)C(=O)C(Cc2ccccc2)NC(=O)OC(C)(C)C)c1. The molecule has 2 atom stereocenters. The third-order valence-electron chi connectivity index (χ3n) is 7.85. The molecule has 0 saturated heterocycles. The first-order valence-electron chi connectivity index (χ1n) is 16.4. The molecule has 2 N–H and O–H groups in total. The molecule has 0 saturated carbocycles. The molecule has 4 aromatic rings. The number of nitrogens with one attached hydrogen (secondary N) is 2. The quantitative estimate of drug-likeness (QED) is 0.136. The third kappa shape index (κ3) is 10.3. The van der Waals surface area contributed by atoms with Gasteiger partial charge in [-0.15, -0.1) is 0 Å². The van der Waals surface area contributed by atoms with Gasteiger partial charge < -0.3 is 20.3 Å². The second-order valence-electron chi connectivity index (χ2n) is 12.8. The molecule has 4 aromatic carbocycles. The van der Waals surface area contributed by atoms with Gasteiger partial charge in [-0.25, -0.2) is 4.79 Å². The van der Waals surface area contributed by atoms with Crippen molar-refractivity contribution in [2.75, 3.05) is 11.9 Å². The predicted octanol–water partition coefficient (Wildman–Crippen LogP) is 8.71. The van der Waals surface area contributed by atoms with E-state index in [1.54, 1.807) is 31.7 Å². The number of alkyl carbamates (subject to hydrolysis) is 1. The fourth-order valence-corrected chi connectivity index (χ4v) is 5.58. The van der Waals surface area contributed by atoms with Gasteiger partial charge in [0.25, 0.3) is 5.91 Å². The Kier molecular flexibility index (Phi) is 12.3. The van der Waals surface area contributed by atoms with Crippen LogP contribution in [0, 0.1) is 0 Å². The van der Waals surface area contributed by atoms with E-state index in [2.05, 4.69) is 24.1 Å². The van der Waals surface area contributed by atoms with Crippen molar-refractivity contribution in [1.82, 2.24) is 10.2 Å². The number of carbonyl (C=O) groups excluding carboxylic acids is 3. The van der Waals surface area contributed by atoms with Crippen LogP contribution in [0.5, 0.6) is 0 Å². The zero-order valence-corrected chi connectivity index (χ0v) is 28.0. The average Bonchev–Trinajstić information content (AvgIpc) is 3.05. The number of unbranched alkanes of at least 4 members (excludes halogenated alkanes) is 3. The van der Waals surface area contributed by atoms with Crippen LogP contribution in [0.4, 0.5) is 10.5 Å². The first-order valence-corrected chi connectivity index (χ1v) is 16.4. The predicted molar refractivity (Wildman–Crippen MR) is 191 cm³/mol. The normalized spacial score (nSPS) is 12.5. The number of hydrogen-bond acceptors (Lipinski definition) is 4. The van der Waals surface area contributed by atoms with Crippen LogP contribution < -0.4 is 10.6 Å². The molecule has 0 aliphatic heterocycles. The first-order chi connectivity index (χ1) is 22.6. The summed E-state index contributed by atoms with van der Waals surface area (Å²) in [6.07, 6.45) is 4.89. The van der Waals surface area contributed by atoms with Crippen LogP contribution in [0.3, 0.4) is 0 Å². The molecular weight excluding hydrogens is 586 g/mol.